The second-order valence-corrected chi connectivity index (χ2v) is 7.46. The number of anilines is 2. The second kappa shape index (κ2) is 8.81. The van der Waals surface area contributed by atoms with Crippen molar-refractivity contribution in [2.24, 2.45) is 15.7 Å². The van der Waals surface area contributed by atoms with Crippen molar-refractivity contribution in [3.05, 3.63) is 53.1 Å². The summed E-state index contributed by atoms with van der Waals surface area (Å²) in [6.45, 7) is 4.69. The van der Waals surface area contributed by atoms with Crippen LogP contribution in [-0.4, -0.2) is 56.5 Å². The number of halogens is 1. The molecular formula is C21H25ClN6O2. The molecule has 158 valence electrons. The van der Waals surface area contributed by atoms with Crippen molar-refractivity contribution >= 4 is 34.9 Å². The van der Waals surface area contributed by atoms with Crippen LogP contribution < -0.4 is 20.7 Å². The molecule has 2 aliphatic heterocycles. The molecule has 9 heteroatoms. The Morgan fingerprint density at radius 3 is 2.57 bits per heavy atom. The van der Waals surface area contributed by atoms with Gasteiger partial charge in [0.2, 0.25) is 18.2 Å². The molecular weight excluding hydrogens is 404 g/mol. The van der Waals surface area contributed by atoms with E-state index < -0.39 is 6.29 Å². The summed E-state index contributed by atoms with van der Waals surface area (Å²) in [5.74, 6) is 1.72. The summed E-state index contributed by atoms with van der Waals surface area (Å²) in [7, 11) is 1.65. The zero-order valence-electron chi connectivity index (χ0n) is 17.0. The molecule has 0 aromatic heterocycles. The molecule has 0 saturated carbocycles. The van der Waals surface area contributed by atoms with Crippen LogP contribution in [-0.2, 0) is 4.74 Å². The van der Waals surface area contributed by atoms with E-state index in [1.165, 1.54) is 0 Å². The number of hydrogen-bond donors (Lipinski definition) is 2. The molecule has 3 N–H and O–H groups in total. The zero-order valence-corrected chi connectivity index (χ0v) is 17.8. The smallest absolute Gasteiger partial charge is 0.222 e. The molecule has 0 bridgehead atoms. The van der Waals surface area contributed by atoms with Gasteiger partial charge in [-0.2, -0.15) is 4.99 Å². The third-order valence-corrected chi connectivity index (χ3v) is 5.45. The first-order chi connectivity index (χ1) is 14.5. The number of nitrogens with one attached hydrogen (secondary N) is 1. The molecule has 0 amide bonds. The minimum Gasteiger partial charge on any atom is -0.497 e. The van der Waals surface area contributed by atoms with Gasteiger partial charge in [0.25, 0.3) is 0 Å². The maximum absolute atomic E-state index is 6.32. The quantitative estimate of drug-likeness (QED) is 0.778. The number of nitrogens with two attached hydrogens (primary N) is 1. The Labute approximate surface area is 180 Å². The molecule has 4 rings (SSSR count). The molecule has 0 radical (unpaired) electrons. The lowest BCUT2D eigenvalue weighted by Gasteiger charge is -2.41. The Balaban J connectivity index is 1.71. The van der Waals surface area contributed by atoms with Crippen LogP contribution in [0, 0.1) is 6.92 Å². The van der Waals surface area contributed by atoms with E-state index in [9.17, 15) is 0 Å². The van der Waals surface area contributed by atoms with Crippen molar-refractivity contribution in [3.63, 3.8) is 0 Å². The topological polar surface area (TPSA) is 87.7 Å². The van der Waals surface area contributed by atoms with E-state index in [0.29, 0.717) is 18.2 Å². The Morgan fingerprint density at radius 1 is 1.17 bits per heavy atom. The zero-order chi connectivity index (χ0) is 21.1. The predicted octanol–water partition coefficient (Wildman–Crippen LogP) is 2.88. The van der Waals surface area contributed by atoms with E-state index in [1.54, 1.807) is 7.11 Å². The van der Waals surface area contributed by atoms with Crippen LogP contribution in [0.1, 0.15) is 5.56 Å². The van der Waals surface area contributed by atoms with Crippen LogP contribution in [0.25, 0.3) is 0 Å². The normalized spacial score (nSPS) is 19.2. The average molecular weight is 429 g/mol. The number of benzene rings is 2. The van der Waals surface area contributed by atoms with Crippen molar-refractivity contribution in [3.8, 4) is 5.75 Å². The molecule has 1 fully saturated rings. The largest absolute Gasteiger partial charge is 0.497 e. The van der Waals surface area contributed by atoms with Gasteiger partial charge in [0, 0.05) is 29.5 Å². The van der Waals surface area contributed by atoms with Crippen LogP contribution in [0.3, 0.4) is 0 Å². The minimum atomic E-state index is -0.493. The molecule has 0 aliphatic carbocycles. The highest BCUT2D eigenvalue weighted by Crippen LogP contribution is 2.27. The van der Waals surface area contributed by atoms with Crippen LogP contribution >= 0.6 is 11.6 Å². The lowest BCUT2D eigenvalue weighted by atomic mass is 10.2. The van der Waals surface area contributed by atoms with Gasteiger partial charge in [-0.1, -0.05) is 17.7 Å². The molecule has 2 aromatic rings. The molecule has 1 saturated heterocycles. The first-order valence-electron chi connectivity index (χ1n) is 9.76. The summed E-state index contributed by atoms with van der Waals surface area (Å²) in [6, 6.07) is 13.6. The highest BCUT2D eigenvalue weighted by molar-refractivity contribution is 6.31. The molecule has 0 spiro atoms. The number of aliphatic imine (C=N–C) groups is 2. The summed E-state index contributed by atoms with van der Waals surface area (Å²) in [6.07, 6.45) is -0.493. The monoisotopic (exact) mass is 428 g/mol. The van der Waals surface area contributed by atoms with Crippen molar-refractivity contribution in [1.82, 2.24) is 4.90 Å². The molecule has 2 aliphatic rings. The van der Waals surface area contributed by atoms with Crippen LogP contribution in [0.4, 0.5) is 11.4 Å². The highest BCUT2D eigenvalue weighted by atomic mass is 35.5. The molecule has 1 atom stereocenters. The average Bonchev–Trinajstić information content (AvgIpc) is 2.77. The van der Waals surface area contributed by atoms with Gasteiger partial charge in [0.05, 0.1) is 20.3 Å². The van der Waals surface area contributed by atoms with E-state index >= 15 is 0 Å². The number of guanidine groups is 2. The lowest BCUT2D eigenvalue weighted by Crippen LogP contribution is -2.57. The summed E-state index contributed by atoms with van der Waals surface area (Å²) >= 11 is 6.32. The van der Waals surface area contributed by atoms with E-state index in [2.05, 4.69) is 20.2 Å². The summed E-state index contributed by atoms with van der Waals surface area (Å²) in [5, 5.41) is 4.12. The fourth-order valence-electron chi connectivity index (χ4n) is 3.39. The van der Waals surface area contributed by atoms with Crippen LogP contribution in [0.2, 0.25) is 5.02 Å². The molecule has 2 aromatic carbocycles. The number of nitrogens with zero attached hydrogens (tertiary/aromatic N) is 4. The highest BCUT2D eigenvalue weighted by Gasteiger charge is 2.32. The summed E-state index contributed by atoms with van der Waals surface area (Å²) in [5.41, 5.74) is 8.87. The van der Waals surface area contributed by atoms with Gasteiger partial charge in [0.15, 0.2) is 0 Å². The van der Waals surface area contributed by atoms with Gasteiger partial charge in [-0.3, -0.25) is 4.90 Å². The number of aryl methyl sites for hydroxylation is 1. The second-order valence-electron chi connectivity index (χ2n) is 7.05. The number of rotatable bonds is 4. The fourth-order valence-corrected chi connectivity index (χ4v) is 3.57. The van der Waals surface area contributed by atoms with Gasteiger partial charge in [-0.05, 0) is 48.9 Å². The van der Waals surface area contributed by atoms with Gasteiger partial charge in [0.1, 0.15) is 5.75 Å². The Hall–Kier alpha value is -2.97. The number of ether oxygens (including phenoxy) is 2. The van der Waals surface area contributed by atoms with Gasteiger partial charge in [-0.25, -0.2) is 4.99 Å². The first kappa shape index (κ1) is 20.3. The number of morpholine rings is 1. The van der Waals surface area contributed by atoms with Crippen molar-refractivity contribution in [2.75, 3.05) is 43.6 Å². The third-order valence-electron chi connectivity index (χ3n) is 5.04. The Bertz CT molecular complexity index is 956. The molecule has 2 heterocycles. The third kappa shape index (κ3) is 4.29. The molecule has 8 nitrogen and oxygen atoms in total. The van der Waals surface area contributed by atoms with E-state index in [-0.39, 0.29) is 5.96 Å². The SMILES string of the molecule is COc1ccc(N2C(N3CCOCC3)=NC(N)=NC2Nc2ccc(C)c(Cl)c2)cc1. The Morgan fingerprint density at radius 2 is 1.90 bits per heavy atom. The molecule has 1 unspecified atom stereocenters. The summed E-state index contributed by atoms with van der Waals surface area (Å²) in [4.78, 5) is 13.3. The molecule has 30 heavy (non-hydrogen) atoms. The van der Waals surface area contributed by atoms with E-state index in [1.807, 2.05) is 54.3 Å². The van der Waals surface area contributed by atoms with Gasteiger partial charge in [-0.15, -0.1) is 0 Å². The number of hydrogen-bond acceptors (Lipinski definition) is 8. The van der Waals surface area contributed by atoms with Crippen molar-refractivity contribution in [1.29, 1.82) is 0 Å². The van der Waals surface area contributed by atoms with Crippen molar-refractivity contribution < 1.29 is 9.47 Å². The lowest BCUT2D eigenvalue weighted by molar-refractivity contribution is 0.0671. The standard InChI is InChI=1S/C21H25ClN6O2/c1-14-3-4-15(13-18(14)22)24-20-25-19(23)26-21(27-9-11-30-12-10-27)28(20)16-5-7-17(29-2)8-6-16/h3-8,13,20,24H,9-12H2,1-2H3,(H2,23,25). The van der Waals surface area contributed by atoms with Gasteiger partial charge < -0.3 is 25.4 Å². The first-order valence-corrected chi connectivity index (χ1v) is 10.1. The minimum absolute atomic E-state index is 0.219. The van der Waals surface area contributed by atoms with Crippen LogP contribution in [0.15, 0.2) is 52.4 Å². The van der Waals surface area contributed by atoms with Gasteiger partial charge >= 0.3 is 0 Å². The Kier molecular flexibility index (Phi) is 5.96. The fraction of sp³-hybridized carbons (Fsp3) is 0.333. The maximum Gasteiger partial charge on any atom is 0.222 e. The summed E-state index contributed by atoms with van der Waals surface area (Å²) < 4.78 is 10.8. The maximum atomic E-state index is 6.32. The van der Waals surface area contributed by atoms with Crippen LogP contribution in [0.5, 0.6) is 5.75 Å². The van der Waals surface area contributed by atoms with E-state index in [0.717, 1.165) is 41.7 Å². The van der Waals surface area contributed by atoms with Crippen molar-refractivity contribution in [2.45, 2.75) is 13.2 Å². The van der Waals surface area contributed by atoms with E-state index in [4.69, 9.17) is 26.8 Å². The predicted molar refractivity (Wildman–Crippen MR) is 121 cm³/mol. The number of methoxy groups -OCH3 is 1.